The second kappa shape index (κ2) is 9.41. The smallest absolute Gasteiger partial charge is 0.255 e. The van der Waals surface area contributed by atoms with Crippen molar-refractivity contribution in [1.82, 2.24) is 9.80 Å². The Bertz CT molecular complexity index is 1310. The van der Waals surface area contributed by atoms with Gasteiger partial charge in [0.25, 0.3) is 5.91 Å². The highest BCUT2D eigenvalue weighted by Crippen LogP contribution is 2.41. The van der Waals surface area contributed by atoms with E-state index in [-0.39, 0.29) is 17.8 Å². The van der Waals surface area contributed by atoms with Gasteiger partial charge in [0, 0.05) is 37.1 Å². The number of carbonyl (C=O) groups is 1. The number of nitrogens with zero attached hydrogens (tertiary/aromatic N) is 2. The van der Waals surface area contributed by atoms with Crippen molar-refractivity contribution in [2.75, 3.05) is 38.5 Å². The van der Waals surface area contributed by atoms with E-state index in [1.54, 1.807) is 12.1 Å². The van der Waals surface area contributed by atoms with Crippen molar-refractivity contribution < 1.29 is 13.6 Å². The Morgan fingerprint density at radius 3 is 2.44 bits per heavy atom. The van der Waals surface area contributed by atoms with E-state index in [2.05, 4.69) is 22.2 Å². The second-order valence-corrected chi connectivity index (χ2v) is 8.95. The van der Waals surface area contributed by atoms with E-state index < -0.39 is 0 Å². The van der Waals surface area contributed by atoms with Gasteiger partial charge in [0.05, 0.1) is 11.7 Å². The SMILES string of the molecule is Cc1ccc(C(=O)Nc2c([C@@H](c3cccc(F)c3)N3CCN(C)CC3)oc3ccccc23)cc1. The van der Waals surface area contributed by atoms with Crippen LogP contribution in [0.3, 0.4) is 0 Å². The standard InChI is InChI=1S/C28H28FN3O2/c1-19-10-12-20(13-11-19)28(33)30-25-23-8-3-4-9-24(23)34-27(25)26(21-6-5-7-22(29)18-21)32-16-14-31(2)15-17-32/h3-13,18,26H,14-17H2,1-2H3,(H,30,33)/t26-/m1/s1. The van der Waals surface area contributed by atoms with Crippen molar-refractivity contribution in [3.63, 3.8) is 0 Å². The van der Waals surface area contributed by atoms with E-state index in [0.717, 1.165) is 42.7 Å². The van der Waals surface area contributed by atoms with Crippen molar-refractivity contribution in [2.45, 2.75) is 13.0 Å². The summed E-state index contributed by atoms with van der Waals surface area (Å²) in [5.41, 5.74) is 3.78. The summed E-state index contributed by atoms with van der Waals surface area (Å²) in [6.07, 6.45) is 0. The normalized spacial score (nSPS) is 16.0. The van der Waals surface area contributed by atoms with Crippen LogP contribution in [0.25, 0.3) is 11.0 Å². The Morgan fingerprint density at radius 1 is 0.971 bits per heavy atom. The van der Waals surface area contributed by atoms with E-state index in [9.17, 15) is 9.18 Å². The average molecular weight is 458 g/mol. The van der Waals surface area contributed by atoms with Gasteiger partial charge < -0.3 is 14.6 Å². The fraction of sp³-hybridized carbons (Fsp3) is 0.250. The van der Waals surface area contributed by atoms with Gasteiger partial charge in [-0.1, -0.05) is 42.0 Å². The van der Waals surface area contributed by atoms with Crippen molar-refractivity contribution in [2.24, 2.45) is 0 Å². The lowest BCUT2D eigenvalue weighted by Crippen LogP contribution is -2.46. The number of anilines is 1. The van der Waals surface area contributed by atoms with Crippen LogP contribution in [0.4, 0.5) is 10.1 Å². The molecule has 1 aliphatic rings. The van der Waals surface area contributed by atoms with Crippen LogP contribution in [-0.4, -0.2) is 48.9 Å². The van der Waals surface area contributed by atoms with Gasteiger partial charge in [-0.05, 0) is 55.9 Å². The molecule has 1 aliphatic heterocycles. The summed E-state index contributed by atoms with van der Waals surface area (Å²) in [7, 11) is 2.10. The van der Waals surface area contributed by atoms with Crippen LogP contribution in [0, 0.1) is 12.7 Å². The van der Waals surface area contributed by atoms with E-state index in [0.29, 0.717) is 22.6 Å². The Balaban J connectivity index is 1.62. The minimum atomic E-state index is -0.329. The fourth-order valence-corrected chi connectivity index (χ4v) is 4.56. The molecule has 1 saturated heterocycles. The van der Waals surface area contributed by atoms with Crippen molar-refractivity contribution in [3.8, 4) is 0 Å². The molecule has 5 rings (SSSR count). The van der Waals surface area contributed by atoms with Crippen LogP contribution in [-0.2, 0) is 0 Å². The maximum Gasteiger partial charge on any atom is 0.255 e. The first-order chi connectivity index (χ1) is 16.5. The molecule has 6 heteroatoms. The fourth-order valence-electron chi connectivity index (χ4n) is 4.56. The van der Waals surface area contributed by atoms with E-state index in [4.69, 9.17) is 4.42 Å². The van der Waals surface area contributed by atoms with E-state index in [1.807, 2.05) is 61.5 Å². The molecular formula is C28H28FN3O2. The van der Waals surface area contributed by atoms with E-state index in [1.165, 1.54) is 6.07 Å². The van der Waals surface area contributed by atoms with Crippen LogP contribution in [0.1, 0.15) is 33.3 Å². The lowest BCUT2D eigenvalue weighted by atomic mass is 9.99. The minimum Gasteiger partial charge on any atom is -0.457 e. The number of piperazine rings is 1. The first-order valence-electron chi connectivity index (χ1n) is 11.6. The number of furan rings is 1. The Labute approximate surface area is 198 Å². The summed E-state index contributed by atoms with van der Waals surface area (Å²) in [5.74, 6) is 0.124. The highest BCUT2D eigenvalue weighted by molar-refractivity contribution is 6.09. The summed E-state index contributed by atoms with van der Waals surface area (Å²) in [4.78, 5) is 17.8. The first-order valence-corrected chi connectivity index (χ1v) is 11.6. The number of rotatable bonds is 5. The highest BCUT2D eigenvalue weighted by atomic mass is 19.1. The Morgan fingerprint density at radius 2 is 1.71 bits per heavy atom. The number of para-hydroxylation sites is 1. The summed E-state index contributed by atoms with van der Waals surface area (Å²) < 4.78 is 20.7. The van der Waals surface area contributed by atoms with Gasteiger partial charge >= 0.3 is 0 Å². The molecule has 34 heavy (non-hydrogen) atoms. The van der Waals surface area contributed by atoms with E-state index >= 15 is 0 Å². The lowest BCUT2D eigenvalue weighted by Gasteiger charge is -2.37. The zero-order chi connectivity index (χ0) is 23.7. The molecule has 2 heterocycles. The number of amides is 1. The zero-order valence-corrected chi connectivity index (χ0v) is 19.4. The van der Waals surface area contributed by atoms with Crippen molar-refractivity contribution >= 4 is 22.6 Å². The predicted molar refractivity (Wildman–Crippen MR) is 133 cm³/mol. The van der Waals surface area contributed by atoms with Crippen molar-refractivity contribution in [3.05, 3.63) is 101 Å². The molecule has 0 bridgehead atoms. The summed E-state index contributed by atoms with van der Waals surface area (Å²) in [6.45, 7) is 5.40. The molecule has 0 aliphatic carbocycles. The number of fused-ring (bicyclic) bond motifs is 1. The molecule has 3 aromatic carbocycles. The molecular weight excluding hydrogens is 429 g/mol. The quantitative estimate of drug-likeness (QED) is 0.432. The van der Waals surface area contributed by atoms with Crippen LogP contribution >= 0.6 is 0 Å². The number of benzene rings is 3. The number of carbonyl (C=O) groups excluding carboxylic acids is 1. The van der Waals surface area contributed by atoms with Gasteiger partial charge in [-0.25, -0.2) is 4.39 Å². The largest absolute Gasteiger partial charge is 0.457 e. The number of hydrogen-bond acceptors (Lipinski definition) is 4. The van der Waals surface area contributed by atoms with Crippen LogP contribution < -0.4 is 5.32 Å². The average Bonchev–Trinajstić information content (AvgIpc) is 3.19. The number of halogens is 1. The van der Waals surface area contributed by atoms with Crippen LogP contribution in [0.15, 0.2) is 77.2 Å². The third kappa shape index (κ3) is 4.47. The minimum absolute atomic E-state index is 0.204. The van der Waals surface area contributed by atoms with Gasteiger partial charge in [0.15, 0.2) is 0 Å². The third-order valence-electron chi connectivity index (χ3n) is 6.49. The summed E-state index contributed by atoms with van der Waals surface area (Å²) in [5, 5.41) is 3.95. The second-order valence-electron chi connectivity index (χ2n) is 8.95. The first kappa shape index (κ1) is 22.3. The number of hydrogen-bond donors (Lipinski definition) is 1. The van der Waals surface area contributed by atoms with Gasteiger partial charge in [-0.15, -0.1) is 0 Å². The molecule has 1 atom stereocenters. The molecule has 0 unspecified atom stereocenters. The number of aryl methyl sites for hydroxylation is 1. The number of nitrogens with one attached hydrogen (secondary N) is 1. The number of likely N-dealkylation sites (N-methyl/N-ethyl adjacent to an activating group) is 1. The summed E-state index contributed by atoms with van der Waals surface area (Å²) >= 11 is 0. The molecule has 1 amide bonds. The molecule has 0 radical (unpaired) electrons. The highest BCUT2D eigenvalue weighted by Gasteiger charge is 2.32. The molecule has 5 nitrogen and oxygen atoms in total. The predicted octanol–water partition coefficient (Wildman–Crippen LogP) is 5.47. The van der Waals surface area contributed by atoms with Crippen LogP contribution in [0.2, 0.25) is 0 Å². The Hall–Kier alpha value is -3.48. The van der Waals surface area contributed by atoms with Gasteiger partial charge in [-0.3, -0.25) is 9.69 Å². The van der Waals surface area contributed by atoms with Crippen LogP contribution in [0.5, 0.6) is 0 Å². The zero-order valence-electron chi connectivity index (χ0n) is 19.4. The monoisotopic (exact) mass is 457 g/mol. The van der Waals surface area contributed by atoms with Crippen molar-refractivity contribution in [1.29, 1.82) is 0 Å². The molecule has 1 aromatic heterocycles. The van der Waals surface area contributed by atoms with Gasteiger partial charge in [0.1, 0.15) is 17.2 Å². The molecule has 0 saturated carbocycles. The van der Waals surface area contributed by atoms with Gasteiger partial charge in [0.2, 0.25) is 0 Å². The molecule has 0 spiro atoms. The lowest BCUT2D eigenvalue weighted by molar-refractivity contribution is 0.102. The molecule has 4 aromatic rings. The topological polar surface area (TPSA) is 48.7 Å². The summed E-state index contributed by atoms with van der Waals surface area (Å²) in [6, 6.07) is 21.5. The molecule has 1 N–H and O–H groups in total. The third-order valence-corrected chi connectivity index (χ3v) is 6.49. The Kier molecular flexibility index (Phi) is 6.18. The molecule has 174 valence electrons. The maximum absolute atomic E-state index is 14.3. The maximum atomic E-state index is 14.3. The van der Waals surface area contributed by atoms with Gasteiger partial charge in [-0.2, -0.15) is 0 Å². The molecule has 1 fully saturated rings.